The van der Waals surface area contributed by atoms with Crippen LogP contribution in [0.5, 0.6) is 0 Å². The highest BCUT2D eigenvalue weighted by atomic mass is 32.2. The maximum Gasteiger partial charge on any atom is 0.319 e. The highest BCUT2D eigenvalue weighted by Gasteiger charge is 2.19. The smallest absolute Gasteiger partial charge is 0.319 e. The number of para-hydroxylation sites is 1. The number of hydrogen-bond acceptors (Lipinski definition) is 6. The number of benzene rings is 1. The summed E-state index contributed by atoms with van der Waals surface area (Å²) >= 11 is 1.35. The lowest BCUT2D eigenvalue weighted by molar-refractivity contribution is -0.142. The first kappa shape index (κ1) is 15.5. The van der Waals surface area contributed by atoms with E-state index in [2.05, 4.69) is 15.1 Å². The quantitative estimate of drug-likeness (QED) is 0.407. The van der Waals surface area contributed by atoms with E-state index in [9.17, 15) is 4.79 Å². The van der Waals surface area contributed by atoms with Crippen molar-refractivity contribution in [2.24, 2.45) is 0 Å². The minimum Gasteiger partial charge on any atom is -0.465 e. The fourth-order valence-corrected chi connectivity index (χ4v) is 3.03. The van der Waals surface area contributed by atoms with Gasteiger partial charge in [-0.3, -0.25) is 4.79 Å². The van der Waals surface area contributed by atoms with Crippen LogP contribution in [0.2, 0.25) is 0 Å². The number of ether oxygens (including phenoxy) is 1. The molecule has 0 saturated carbocycles. The minimum atomic E-state index is -0.340. The lowest BCUT2D eigenvalue weighted by Crippen LogP contribution is -2.16. The molecule has 0 aliphatic heterocycles. The summed E-state index contributed by atoms with van der Waals surface area (Å²) in [6.45, 7) is 3.97. The van der Waals surface area contributed by atoms with E-state index in [0.29, 0.717) is 12.3 Å². The summed E-state index contributed by atoms with van der Waals surface area (Å²) in [7, 11) is 0. The summed E-state index contributed by atoms with van der Waals surface area (Å²) in [6.07, 6.45) is 3.21. The molecule has 0 spiro atoms. The maximum atomic E-state index is 11.8. The van der Waals surface area contributed by atoms with Crippen LogP contribution in [0.4, 0.5) is 0 Å². The molecular weight excluding hydrogens is 312 g/mol. The van der Waals surface area contributed by atoms with E-state index in [0.717, 1.165) is 16.1 Å². The number of nitrogens with zero attached hydrogens (tertiary/aromatic N) is 4. The van der Waals surface area contributed by atoms with Gasteiger partial charge in [0, 0.05) is 0 Å². The van der Waals surface area contributed by atoms with E-state index in [4.69, 9.17) is 4.74 Å². The molecule has 7 heteroatoms. The fourth-order valence-electron chi connectivity index (χ4n) is 2.15. The fraction of sp³-hybridized carbons (Fsp3) is 0.250. The Bertz CT molecular complexity index is 819. The first-order chi connectivity index (χ1) is 11.2. The molecule has 0 N–H and O–H groups in total. The summed E-state index contributed by atoms with van der Waals surface area (Å²) in [5, 5.41) is 5.60. The number of thioether (sulfide) groups is 1. The maximum absolute atomic E-state index is 11.8. The lowest BCUT2D eigenvalue weighted by atomic mass is 10.3. The molecule has 0 aliphatic rings. The third-order valence-corrected chi connectivity index (χ3v) is 4.33. The Morgan fingerprint density at radius 2 is 2.09 bits per heavy atom. The summed E-state index contributed by atoms with van der Waals surface area (Å²) < 4.78 is 6.80. The van der Waals surface area contributed by atoms with Crippen LogP contribution < -0.4 is 0 Å². The van der Waals surface area contributed by atoms with Crippen molar-refractivity contribution in [2.75, 3.05) is 6.61 Å². The summed E-state index contributed by atoms with van der Waals surface area (Å²) in [5.41, 5.74) is 1.64. The molecule has 2 heterocycles. The normalized spacial score (nSPS) is 12.3. The van der Waals surface area contributed by atoms with Gasteiger partial charge in [0.1, 0.15) is 16.6 Å². The predicted octanol–water partition coefficient (Wildman–Crippen LogP) is 2.86. The van der Waals surface area contributed by atoms with Gasteiger partial charge in [-0.25, -0.2) is 14.6 Å². The van der Waals surface area contributed by atoms with Crippen molar-refractivity contribution in [3.05, 3.63) is 42.9 Å². The van der Waals surface area contributed by atoms with Gasteiger partial charge < -0.3 is 4.74 Å². The highest BCUT2D eigenvalue weighted by Crippen LogP contribution is 2.29. The molecule has 0 bridgehead atoms. The van der Waals surface area contributed by atoms with Crippen LogP contribution in [0, 0.1) is 0 Å². The van der Waals surface area contributed by atoms with E-state index >= 15 is 0 Å². The molecule has 23 heavy (non-hydrogen) atoms. The van der Waals surface area contributed by atoms with Crippen molar-refractivity contribution in [3.8, 4) is 5.69 Å². The average Bonchev–Trinajstić information content (AvgIpc) is 3.01. The zero-order valence-corrected chi connectivity index (χ0v) is 13.7. The molecule has 0 fully saturated rings. The Kier molecular flexibility index (Phi) is 4.57. The van der Waals surface area contributed by atoms with Crippen LogP contribution in [0.15, 0.2) is 47.9 Å². The topological polar surface area (TPSA) is 69.9 Å². The first-order valence-corrected chi connectivity index (χ1v) is 8.16. The number of fused-ring (bicyclic) bond motifs is 1. The van der Waals surface area contributed by atoms with Gasteiger partial charge in [0.2, 0.25) is 0 Å². The number of hydrogen-bond donors (Lipinski definition) is 0. The van der Waals surface area contributed by atoms with Gasteiger partial charge in [-0.05, 0) is 26.0 Å². The number of esters is 1. The van der Waals surface area contributed by atoms with E-state index in [1.54, 1.807) is 24.7 Å². The number of rotatable bonds is 5. The molecule has 3 rings (SSSR count). The van der Waals surface area contributed by atoms with Gasteiger partial charge >= 0.3 is 5.97 Å². The Balaban J connectivity index is 1.95. The lowest BCUT2D eigenvalue weighted by Gasteiger charge is -2.09. The van der Waals surface area contributed by atoms with E-state index in [1.807, 2.05) is 30.3 Å². The monoisotopic (exact) mass is 328 g/mol. The Morgan fingerprint density at radius 3 is 2.83 bits per heavy atom. The Labute approximate surface area is 137 Å². The van der Waals surface area contributed by atoms with Crippen molar-refractivity contribution in [3.63, 3.8) is 0 Å². The van der Waals surface area contributed by atoms with Crippen LogP contribution in [-0.2, 0) is 9.53 Å². The molecule has 6 nitrogen and oxygen atoms in total. The van der Waals surface area contributed by atoms with Crippen molar-refractivity contribution in [1.29, 1.82) is 0 Å². The molecule has 0 saturated heterocycles. The molecule has 3 aromatic rings. The second-order valence-electron chi connectivity index (χ2n) is 4.82. The summed E-state index contributed by atoms with van der Waals surface area (Å²) in [5.74, 6) is -0.250. The molecule has 0 amide bonds. The average molecular weight is 328 g/mol. The molecule has 118 valence electrons. The third kappa shape index (κ3) is 3.19. The van der Waals surface area contributed by atoms with Gasteiger partial charge in [-0.15, -0.1) is 0 Å². The zero-order chi connectivity index (χ0) is 16.2. The highest BCUT2D eigenvalue weighted by molar-refractivity contribution is 8.00. The molecule has 0 unspecified atom stereocenters. The second-order valence-corrected chi connectivity index (χ2v) is 6.15. The molecule has 0 aliphatic carbocycles. The Morgan fingerprint density at radius 1 is 1.30 bits per heavy atom. The number of carbonyl (C=O) groups is 1. The van der Waals surface area contributed by atoms with Crippen molar-refractivity contribution < 1.29 is 9.53 Å². The SMILES string of the molecule is CCOC(=O)[C@H](C)Sc1ncnc2c1cnn2-c1ccccc1. The largest absolute Gasteiger partial charge is 0.465 e. The minimum absolute atomic E-state index is 0.250. The van der Waals surface area contributed by atoms with Crippen LogP contribution >= 0.6 is 11.8 Å². The first-order valence-electron chi connectivity index (χ1n) is 7.28. The van der Waals surface area contributed by atoms with Crippen molar-refractivity contribution in [1.82, 2.24) is 19.7 Å². The summed E-state index contributed by atoms with van der Waals surface area (Å²) in [4.78, 5) is 20.4. The number of carbonyl (C=O) groups excluding carboxylic acids is 1. The van der Waals surface area contributed by atoms with Gasteiger partial charge in [0.05, 0.1) is 23.9 Å². The molecule has 1 aromatic carbocycles. The van der Waals surface area contributed by atoms with E-state index in [-0.39, 0.29) is 11.2 Å². The van der Waals surface area contributed by atoms with E-state index < -0.39 is 0 Å². The summed E-state index contributed by atoms with van der Waals surface area (Å²) in [6, 6.07) is 9.77. The van der Waals surface area contributed by atoms with Crippen LogP contribution in [0.25, 0.3) is 16.7 Å². The van der Waals surface area contributed by atoms with Crippen molar-refractivity contribution >= 4 is 28.8 Å². The number of aromatic nitrogens is 4. The van der Waals surface area contributed by atoms with Gasteiger partial charge in [0.15, 0.2) is 5.65 Å². The molecular formula is C16H16N4O2S. The van der Waals surface area contributed by atoms with Gasteiger partial charge in [-0.2, -0.15) is 5.10 Å². The third-order valence-electron chi connectivity index (χ3n) is 3.24. The molecule has 0 radical (unpaired) electrons. The van der Waals surface area contributed by atoms with Crippen LogP contribution in [0.3, 0.4) is 0 Å². The van der Waals surface area contributed by atoms with Gasteiger partial charge in [-0.1, -0.05) is 30.0 Å². The van der Waals surface area contributed by atoms with Crippen molar-refractivity contribution in [2.45, 2.75) is 24.1 Å². The molecule has 1 atom stereocenters. The van der Waals surface area contributed by atoms with E-state index in [1.165, 1.54) is 18.1 Å². The van der Waals surface area contributed by atoms with Crippen LogP contribution in [0.1, 0.15) is 13.8 Å². The Hall–Kier alpha value is -2.41. The van der Waals surface area contributed by atoms with Crippen LogP contribution in [-0.4, -0.2) is 37.6 Å². The zero-order valence-electron chi connectivity index (χ0n) is 12.8. The standard InChI is InChI=1S/C16H16N4O2S/c1-3-22-16(21)11(2)23-15-13-9-19-20(14(13)17-10-18-15)12-7-5-4-6-8-12/h4-11H,3H2,1-2H3/t11-/m0/s1. The predicted molar refractivity (Wildman–Crippen MR) is 88.6 cm³/mol. The molecule has 2 aromatic heterocycles. The second kappa shape index (κ2) is 6.78. The van der Waals surface area contributed by atoms with Gasteiger partial charge in [0.25, 0.3) is 0 Å².